The molecule has 0 radical (unpaired) electrons. The predicted molar refractivity (Wildman–Crippen MR) is 179 cm³/mol. The summed E-state index contributed by atoms with van der Waals surface area (Å²) in [6.07, 6.45) is 3.61. The van der Waals surface area contributed by atoms with Crippen molar-refractivity contribution in [1.82, 2.24) is 24.3 Å². The quantitative estimate of drug-likeness (QED) is 0.361. The lowest BCUT2D eigenvalue weighted by molar-refractivity contribution is -0.128. The molecule has 48 heavy (non-hydrogen) atoms. The van der Waals surface area contributed by atoms with Crippen molar-refractivity contribution in [1.29, 1.82) is 0 Å². The molecule has 8 rings (SSSR count). The number of benzene rings is 2. The van der Waals surface area contributed by atoms with E-state index in [1.807, 2.05) is 18.7 Å². The lowest BCUT2D eigenvalue weighted by Gasteiger charge is -2.48. The van der Waals surface area contributed by atoms with E-state index >= 15 is 4.39 Å². The SMILES string of the molecule is C=CC(=O)N1C[C@H](C)N(c2nc(=O)n3c4c(c(-c5ccc(F)cc5F)c(Cl)cc24)OC[C@H]3CN2CC3CCC(C2)N3C2COC2)C[C@H]1C. The van der Waals surface area contributed by atoms with E-state index in [1.54, 1.807) is 15.5 Å². The summed E-state index contributed by atoms with van der Waals surface area (Å²) in [5, 5.41) is 0.798. The number of amides is 1. The molecule has 3 aromatic rings. The van der Waals surface area contributed by atoms with Gasteiger partial charge in [-0.15, -0.1) is 0 Å². The molecule has 2 aromatic carbocycles. The molecule has 13 heteroatoms. The number of piperazine rings is 2. The molecule has 10 nitrogen and oxygen atoms in total. The van der Waals surface area contributed by atoms with E-state index in [4.69, 9.17) is 21.1 Å². The molecule has 0 spiro atoms. The zero-order valence-electron chi connectivity index (χ0n) is 27.1. The molecular weight excluding hydrogens is 642 g/mol. The van der Waals surface area contributed by atoms with Crippen molar-refractivity contribution in [2.75, 3.05) is 57.4 Å². The molecule has 4 fully saturated rings. The van der Waals surface area contributed by atoms with Crippen molar-refractivity contribution in [3.05, 3.63) is 64.1 Å². The van der Waals surface area contributed by atoms with Gasteiger partial charge < -0.3 is 19.3 Å². The fraction of sp³-hybridized carbons (Fsp3) is 0.514. The first kappa shape index (κ1) is 31.7. The topological polar surface area (TPSA) is 83.4 Å². The zero-order valence-corrected chi connectivity index (χ0v) is 27.8. The van der Waals surface area contributed by atoms with Gasteiger partial charge in [0.1, 0.15) is 24.1 Å². The number of aromatic nitrogens is 2. The largest absolute Gasteiger partial charge is 0.488 e. The van der Waals surface area contributed by atoms with Crippen LogP contribution < -0.4 is 15.3 Å². The van der Waals surface area contributed by atoms with Crippen LogP contribution in [0.3, 0.4) is 0 Å². The first-order valence-electron chi connectivity index (χ1n) is 16.8. The fourth-order valence-corrected chi connectivity index (χ4v) is 8.96. The van der Waals surface area contributed by atoms with Gasteiger partial charge in [0, 0.05) is 79.5 Å². The van der Waals surface area contributed by atoms with E-state index in [2.05, 4.69) is 21.4 Å². The first-order chi connectivity index (χ1) is 23.1. The Kier molecular flexibility index (Phi) is 7.97. The number of halogens is 3. The standard InChI is InChI=1S/C35H39ClF2N6O4/c1-4-30(45)41-11-20(3)42(12-19(41)2)34-27-10-28(36)31(26-8-5-21(37)9-29(26)38)33-32(27)44(35(46)39-34)24(18-48-33)15-40-13-22-6-7-23(14-40)43(22)25-16-47-17-25/h4-5,8-10,19-20,22-25H,1,6-7,11-18H2,2-3H3/t19-,20+,22?,23?,24-/m1/s1. The molecule has 0 saturated carbocycles. The Morgan fingerprint density at radius 1 is 1.04 bits per heavy atom. The molecular formula is C35H39ClF2N6O4. The second-order valence-corrected chi connectivity index (χ2v) is 14.3. The van der Waals surface area contributed by atoms with Crippen molar-refractivity contribution in [3.63, 3.8) is 0 Å². The minimum Gasteiger partial charge on any atom is -0.488 e. The fourth-order valence-electron chi connectivity index (χ4n) is 8.66. The average molecular weight is 681 g/mol. The molecule has 6 heterocycles. The number of carbonyl (C=O) groups is 1. The third kappa shape index (κ3) is 5.10. The number of rotatable bonds is 6. The van der Waals surface area contributed by atoms with Crippen LogP contribution in [-0.2, 0) is 9.53 Å². The van der Waals surface area contributed by atoms with Gasteiger partial charge in [0.25, 0.3) is 0 Å². The number of nitrogens with zero attached hydrogens (tertiary/aromatic N) is 6. The van der Waals surface area contributed by atoms with Crippen LogP contribution in [0.2, 0.25) is 5.02 Å². The summed E-state index contributed by atoms with van der Waals surface area (Å²) in [7, 11) is 0. The van der Waals surface area contributed by atoms with Gasteiger partial charge in [-0.25, -0.2) is 13.6 Å². The van der Waals surface area contributed by atoms with E-state index in [1.165, 1.54) is 18.2 Å². The second-order valence-electron chi connectivity index (χ2n) is 13.9. The van der Waals surface area contributed by atoms with E-state index in [9.17, 15) is 14.0 Å². The van der Waals surface area contributed by atoms with E-state index in [-0.39, 0.29) is 52.5 Å². The summed E-state index contributed by atoms with van der Waals surface area (Å²) in [4.78, 5) is 40.4. The Labute approximate surface area is 282 Å². The Morgan fingerprint density at radius 3 is 2.46 bits per heavy atom. The number of fused-ring (bicyclic) bond motifs is 2. The third-order valence-corrected chi connectivity index (χ3v) is 11.2. The van der Waals surface area contributed by atoms with Crippen LogP contribution >= 0.6 is 11.6 Å². The van der Waals surface area contributed by atoms with Crippen molar-refractivity contribution in [2.24, 2.45) is 0 Å². The van der Waals surface area contributed by atoms with Crippen LogP contribution in [0.1, 0.15) is 32.7 Å². The van der Waals surface area contributed by atoms with Gasteiger partial charge in [-0.3, -0.25) is 19.2 Å². The maximum atomic E-state index is 15.3. The molecule has 5 atom stereocenters. The summed E-state index contributed by atoms with van der Waals surface area (Å²) in [6, 6.07) is 5.74. The highest BCUT2D eigenvalue weighted by Crippen LogP contribution is 2.47. The van der Waals surface area contributed by atoms with Crippen LogP contribution in [0.4, 0.5) is 14.6 Å². The third-order valence-electron chi connectivity index (χ3n) is 10.9. The summed E-state index contributed by atoms with van der Waals surface area (Å²) < 4.78 is 43.0. The van der Waals surface area contributed by atoms with Crippen molar-refractivity contribution in [3.8, 4) is 16.9 Å². The van der Waals surface area contributed by atoms with Gasteiger partial charge in [0.05, 0.1) is 35.8 Å². The predicted octanol–water partition coefficient (Wildman–Crippen LogP) is 4.09. The molecule has 1 amide bonds. The Hall–Kier alpha value is -3.58. The highest BCUT2D eigenvalue weighted by Gasteiger charge is 2.46. The monoisotopic (exact) mass is 680 g/mol. The van der Waals surface area contributed by atoms with Gasteiger partial charge >= 0.3 is 5.69 Å². The Morgan fingerprint density at radius 2 is 1.79 bits per heavy atom. The normalized spacial score (nSPS) is 27.6. The average Bonchev–Trinajstić information content (AvgIpc) is 3.27. The number of carbonyl (C=O) groups excluding carboxylic acids is 1. The lowest BCUT2D eigenvalue weighted by Crippen LogP contribution is -2.62. The van der Waals surface area contributed by atoms with Gasteiger partial charge in [-0.2, -0.15) is 4.98 Å². The van der Waals surface area contributed by atoms with E-state index in [0.717, 1.165) is 45.2 Å². The Balaban J connectivity index is 1.22. The molecule has 254 valence electrons. The van der Waals surface area contributed by atoms with Gasteiger partial charge in [0.2, 0.25) is 5.91 Å². The summed E-state index contributed by atoms with van der Waals surface area (Å²) in [6.45, 7) is 12.6. The molecule has 5 aliphatic rings. The van der Waals surface area contributed by atoms with E-state index < -0.39 is 17.3 Å². The van der Waals surface area contributed by atoms with Crippen LogP contribution in [0, 0.1) is 11.6 Å². The van der Waals surface area contributed by atoms with Crippen molar-refractivity contribution in [2.45, 2.75) is 62.9 Å². The minimum atomic E-state index is -0.780. The summed E-state index contributed by atoms with van der Waals surface area (Å²) in [5.74, 6) is -0.931. The summed E-state index contributed by atoms with van der Waals surface area (Å²) >= 11 is 6.94. The number of hydrogen-bond acceptors (Lipinski definition) is 8. The number of anilines is 1. The number of likely N-dealkylation sites (tertiary alicyclic amines) is 1. The molecule has 0 N–H and O–H groups in total. The molecule has 4 saturated heterocycles. The lowest BCUT2D eigenvalue weighted by atomic mass is 9.99. The first-order valence-corrected chi connectivity index (χ1v) is 17.1. The maximum Gasteiger partial charge on any atom is 0.350 e. The highest BCUT2D eigenvalue weighted by molar-refractivity contribution is 6.35. The van der Waals surface area contributed by atoms with Crippen LogP contribution in [-0.4, -0.2) is 113 Å². The Bertz CT molecular complexity index is 1850. The van der Waals surface area contributed by atoms with Crippen LogP contribution in [0.25, 0.3) is 22.0 Å². The molecule has 2 unspecified atom stereocenters. The van der Waals surface area contributed by atoms with Crippen LogP contribution in [0.5, 0.6) is 5.75 Å². The molecule has 0 aliphatic carbocycles. The summed E-state index contributed by atoms with van der Waals surface area (Å²) in [5.41, 5.74) is 0.405. The minimum absolute atomic E-state index is 0.0836. The molecule has 1 aromatic heterocycles. The smallest absolute Gasteiger partial charge is 0.350 e. The van der Waals surface area contributed by atoms with Gasteiger partial charge in [0.15, 0.2) is 5.75 Å². The van der Waals surface area contributed by atoms with Crippen molar-refractivity contribution < 1.29 is 23.0 Å². The van der Waals surface area contributed by atoms with Crippen LogP contribution in [0.15, 0.2) is 41.7 Å². The zero-order chi connectivity index (χ0) is 33.4. The number of hydrogen-bond donors (Lipinski definition) is 0. The molecule has 2 bridgehead atoms. The maximum absolute atomic E-state index is 15.3. The number of ether oxygens (including phenoxy) is 2. The molecule has 5 aliphatic heterocycles. The van der Waals surface area contributed by atoms with E-state index in [0.29, 0.717) is 54.5 Å². The van der Waals surface area contributed by atoms with Crippen molar-refractivity contribution >= 4 is 34.2 Å². The second kappa shape index (κ2) is 12.1. The van der Waals surface area contributed by atoms with Gasteiger partial charge in [-0.1, -0.05) is 18.2 Å². The highest BCUT2D eigenvalue weighted by atomic mass is 35.5. The van der Waals surface area contributed by atoms with Gasteiger partial charge in [-0.05, 0) is 51.0 Å².